The molecule has 8 heteroatoms. The summed E-state index contributed by atoms with van der Waals surface area (Å²) in [5.41, 5.74) is -0.953. The Bertz CT molecular complexity index is 775. The van der Waals surface area contributed by atoms with Gasteiger partial charge in [-0.2, -0.15) is 0 Å². The molecule has 2 aliphatic heterocycles. The molecule has 0 N–H and O–H groups in total. The Morgan fingerprint density at radius 1 is 1.03 bits per heavy atom. The minimum absolute atomic E-state index is 0.0320. The van der Waals surface area contributed by atoms with E-state index in [4.69, 9.17) is 9.47 Å². The number of rotatable bonds is 4. The zero-order chi connectivity index (χ0) is 23.4. The van der Waals surface area contributed by atoms with Crippen LogP contribution in [0.25, 0.3) is 0 Å². The molecule has 0 aromatic heterocycles. The molecule has 3 rings (SSSR count). The molecule has 1 aromatic carbocycles. The number of nitrogens with zero attached hydrogens (tertiary/aromatic N) is 3. The van der Waals surface area contributed by atoms with Gasteiger partial charge in [0.15, 0.2) is 0 Å². The minimum Gasteiger partial charge on any atom is -0.445 e. The summed E-state index contributed by atoms with van der Waals surface area (Å²) in [7, 11) is 0. The fourth-order valence-corrected chi connectivity index (χ4v) is 4.15. The van der Waals surface area contributed by atoms with Gasteiger partial charge in [0, 0.05) is 58.2 Å². The van der Waals surface area contributed by atoms with Gasteiger partial charge in [0.1, 0.15) is 17.9 Å². The largest absolute Gasteiger partial charge is 0.445 e. The monoisotopic (exact) mass is 449 g/mol. The van der Waals surface area contributed by atoms with Crippen molar-refractivity contribution in [3.63, 3.8) is 0 Å². The van der Waals surface area contributed by atoms with Gasteiger partial charge >= 0.3 is 12.2 Å². The lowest BCUT2D eigenvalue weighted by molar-refractivity contribution is -0.0203. The lowest BCUT2D eigenvalue weighted by atomic mass is 9.92. The second kappa shape index (κ2) is 10.1. The molecule has 0 aliphatic carbocycles. The first-order valence-electron chi connectivity index (χ1n) is 11.4. The van der Waals surface area contributed by atoms with Gasteiger partial charge in [0.2, 0.25) is 0 Å². The van der Waals surface area contributed by atoms with Gasteiger partial charge in [-0.25, -0.2) is 14.0 Å². The quantitative estimate of drug-likeness (QED) is 0.694. The number of likely N-dealkylation sites (tertiary alicyclic amines) is 1. The first-order valence-corrected chi connectivity index (χ1v) is 11.4. The number of hydrogen-bond donors (Lipinski definition) is 0. The second-order valence-corrected chi connectivity index (χ2v) is 9.92. The first kappa shape index (κ1) is 24.3. The maximum absolute atomic E-state index is 15.5. The van der Waals surface area contributed by atoms with Crippen LogP contribution in [0.15, 0.2) is 30.3 Å². The summed E-state index contributed by atoms with van der Waals surface area (Å²) in [4.78, 5) is 30.1. The third-order valence-electron chi connectivity index (χ3n) is 6.03. The summed E-state index contributed by atoms with van der Waals surface area (Å²) in [6.45, 7) is 10.4. The maximum Gasteiger partial charge on any atom is 0.410 e. The number of carbonyl (C=O) groups is 2. The van der Waals surface area contributed by atoms with Gasteiger partial charge in [0.05, 0.1) is 0 Å². The molecule has 0 radical (unpaired) electrons. The van der Waals surface area contributed by atoms with Crippen molar-refractivity contribution in [1.29, 1.82) is 0 Å². The number of carbonyl (C=O) groups excluding carboxylic acids is 2. The summed E-state index contributed by atoms with van der Waals surface area (Å²) in [5, 5.41) is 0. The Balaban J connectivity index is 1.44. The molecule has 7 nitrogen and oxygen atoms in total. The highest BCUT2D eigenvalue weighted by atomic mass is 19.1. The van der Waals surface area contributed by atoms with Crippen molar-refractivity contribution in [2.75, 3.05) is 39.3 Å². The summed E-state index contributed by atoms with van der Waals surface area (Å²) in [6, 6.07) is 9.62. The van der Waals surface area contributed by atoms with E-state index in [-0.39, 0.29) is 37.7 Å². The van der Waals surface area contributed by atoms with Crippen LogP contribution in [-0.2, 0) is 16.1 Å². The minimum atomic E-state index is -1.34. The fraction of sp³-hybridized carbons (Fsp3) is 0.667. The molecule has 32 heavy (non-hydrogen) atoms. The molecule has 1 aromatic rings. The molecule has 1 atom stereocenters. The molecule has 2 saturated heterocycles. The average molecular weight is 450 g/mol. The van der Waals surface area contributed by atoms with E-state index in [0.29, 0.717) is 39.3 Å². The third-order valence-corrected chi connectivity index (χ3v) is 6.03. The Morgan fingerprint density at radius 3 is 2.28 bits per heavy atom. The van der Waals surface area contributed by atoms with Crippen molar-refractivity contribution in [1.82, 2.24) is 14.7 Å². The van der Waals surface area contributed by atoms with Gasteiger partial charge in [-0.1, -0.05) is 30.3 Å². The first-order chi connectivity index (χ1) is 15.0. The van der Waals surface area contributed by atoms with E-state index in [0.717, 1.165) is 5.56 Å². The highest BCUT2D eigenvalue weighted by Crippen LogP contribution is 2.30. The molecular weight excluding hydrogens is 413 g/mol. The Hall–Kier alpha value is -2.35. The van der Waals surface area contributed by atoms with E-state index in [1.54, 1.807) is 9.80 Å². The Morgan fingerprint density at radius 2 is 1.69 bits per heavy atom. The molecule has 0 saturated carbocycles. The number of piperidine rings is 1. The van der Waals surface area contributed by atoms with E-state index in [1.165, 1.54) is 0 Å². The smallest absolute Gasteiger partial charge is 0.410 e. The van der Waals surface area contributed by atoms with Crippen LogP contribution in [0.4, 0.5) is 14.0 Å². The lowest BCUT2D eigenvalue weighted by Crippen LogP contribution is -2.58. The predicted molar refractivity (Wildman–Crippen MR) is 120 cm³/mol. The van der Waals surface area contributed by atoms with Crippen LogP contribution in [0.2, 0.25) is 0 Å². The van der Waals surface area contributed by atoms with Crippen LogP contribution in [-0.4, -0.2) is 83.5 Å². The number of piperazine rings is 1. The predicted octanol–water partition coefficient (Wildman–Crippen LogP) is 4.07. The molecule has 0 bridgehead atoms. The van der Waals surface area contributed by atoms with E-state index in [9.17, 15) is 9.59 Å². The maximum atomic E-state index is 15.5. The summed E-state index contributed by atoms with van der Waals surface area (Å²) in [5.74, 6) is 0. The van der Waals surface area contributed by atoms with Crippen molar-refractivity contribution >= 4 is 12.2 Å². The molecule has 2 aliphatic rings. The number of alkyl halides is 1. The number of ether oxygens (including phenoxy) is 2. The second-order valence-electron chi connectivity index (χ2n) is 9.92. The highest BCUT2D eigenvalue weighted by molar-refractivity contribution is 5.68. The Labute approximate surface area is 190 Å². The lowest BCUT2D eigenvalue weighted by Gasteiger charge is -2.44. The normalized spacial score (nSPS) is 21.8. The van der Waals surface area contributed by atoms with Crippen LogP contribution in [0.5, 0.6) is 0 Å². The van der Waals surface area contributed by atoms with E-state index < -0.39 is 11.3 Å². The van der Waals surface area contributed by atoms with E-state index in [2.05, 4.69) is 4.90 Å². The number of benzene rings is 1. The van der Waals surface area contributed by atoms with Crippen LogP contribution < -0.4 is 0 Å². The summed E-state index contributed by atoms with van der Waals surface area (Å²) < 4.78 is 26.4. The zero-order valence-corrected chi connectivity index (χ0v) is 19.7. The molecule has 2 fully saturated rings. The molecule has 2 heterocycles. The van der Waals surface area contributed by atoms with Gasteiger partial charge in [0.25, 0.3) is 0 Å². The third kappa shape index (κ3) is 6.82. The van der Waals surface area contributed by atoms with E-state index >= 15 is 4.39 Å². The van der Waals surface area contributed by atoms with Crippen molar-refractivity contribution in [3.8, 4) is 0 Å². The fourth-order valence-electron chi connectivity index (χ4n) is 4.15. The van der Waals surface area contributed by atoms with Crippen LogP contribution >= 0.6 is 0 Å². The summed E-state index contributed by atoms with van der Waals surface area (Å²) >= 11 is 0. The molecule has 178 valence electrons. The Kier molecular flexibility index (Phi) is 7.64. The van der Waals surface area contributed by atoms with Gasteiger partial charge in [-0.3, -0.25) is 4.90 Å². The van der Waals surface area contributed by atoms with Crippen molar-refractivity contribution in [3.05, 3.63) is 35.9 Å². The van der Waals surface area contributed by atoms with E-state index in [1.807, 2.05) is 58.0 Å². The van der Waals surface area contributed by atoms with Gasteiger partial charge in [-0.15, -0.1) is 0 Å². The van der Waals surface area contributed by atoms with Crippen LogP contribution in [0.3, 0.4) is 0 Å². The molecular formula is C24H36FN3O4. The van der Waals surface area contributed by atoms with Crippen molar-refractivity contribution < 1.29 is 23.5 Å². The number of halogens is 1. The number of hydrogen-bond acceptors (Lipinski definition) is 5. The summed E-state index contributed by atoms with van der Waals surface area (Å²) in [6.07, 6.45) is -0.132. The molecule has 0 spiro atoms. The van der Waals surface area contributed by atoms with Crippen molar-refractivity contribution in [2.24, 2.45) is 0 Å². The zero-order valence-electron chi connectivity index (χ0n) is 19.7. The molecule has 0 unspecified atom stereocenters. The topological polar surface area (TPSA) is 62.3 Å². The standard InChI is InChI=1S/C24H36FN3O4/c1-19-16-27(21(29)31-17-20-8-6-5-7-9-20)14-15-28(19)18-24(25)10-12-26(13-11-24)22(30)32-23(2,3)4/h5-9,19H,10-18H2,1-4H3/t19-/m0/s1. The number of amides is 2. The highest BCUT2D eigenvalue weighted by Gasteiger charge is 2.40. The van der Waals surface area contributed by atoms with Crippen LogP contribution in [0, 0.1) is 0 Å². The van der Waals surface area contributed by atoms with Crippen LogP contribution in [0.1, 0.15) is 46.1 Å². The average Bonchev–Trinajstić information content (AvgIpc) is 2.73. The van der Waals surface area contributed by atoms with Gasteiger partial charge < -0.3 is 19.3 Å². The van der Waals surface area contributed by atoms with Crippen molar-refractivity contribution in [2.45, 2.75) is 64.5 Å². The molecule has 2 amide bonds. The van der Waals surface area contributed by atoms with Gasteiger partial charge in [-0.05, 0) is 33.3 Å². The SMILES string of the molecule is C[C@H]1CN(C(=O)OCc2ccccc2)CCN1CC1(F)CCN(C(=O)OC(C)(C)C)CC1.